The van der Waals surface area contributed by atoms with Crippen molar-refractivity contribution < 1.29 is 9.53 Å². The van der Waals surface area contributed by atoms with Gasteiger partial charge in [-0.15, -0.1) is 11.3 Å². The summed E-state index contributed by atoms with van der Waals surface area (Å²) in [6, 6.07) is 6.45. The van der Waals surface area contributed by atoms with Gasteiger partial charge in [0, 0.05) is 10.6 Å². The summed E-state index contributed by atoms with van der Waals surface area (Å²) >= 11 is 7.21. The second-order valence-electron chi connectivity index (χ2n) is 7.41. The molecule has 0 unspecified atom stereocenters. The summed E-state index contributed by atoms with van der Waals surface area (Å²) in [5.41, 5.74) is 5.68. The van der Waals surface area contributed by atoms with E-state index in [9.17, 15) is 4.79 Å². The predicted octanol–water partition coefficient (Wildman–Crippen LogP) is 5.49. The molecule has 2 N–H and O–H groups in total. The number of hydrogen-bond acceptors (Lipinski definition) is 4. The van der Waals surface area contributed by atoms with Gasteiger partial charge in [-0.05, 0) is 92.9 Å². The van der Waals surface area contributed by atoms with Gasteiger partial charge in [0.2, 0.25) is 0 Å². The second kappa shape index (κ2) is 8.62. The molecule has 4 nitrogen and oxygen atoms in total. The van der Waals surface area contributed by atoms with Crippen molar-refractivity contribution >= 4 is 45.3 Å². The summed E-state index contributed by atoms with van der Waals surface area (Å²) < 4.78 is 5.35. The first kappa shape index (κ1) is 19.4. The molecule has 0 amide bonds. The zero-order valence-electron chi connectivity index (χ0n) is 16.2. The van der Waals surface area contributed by atoms with E-state index < -0.39 is 0 Å². The van der Waals surface area contributed by atoms with E-state index >= 15 is 0 Å². The van der Waals surface area contributed by atoms with Crippen molar-refractivity contribution in [3.8, 4) is 0 Å². The summed E-state index contributed by atoms with van der Waals surface area (Å²) in [5, 5.41) is 7.89. The minimum absolute atomic E-state index is 0.246. The number of ether oxygens (including phenoxy) is 1. The first-order chi connectivity index (χ1) is 13.7. The molecule has 0 fully saturated rings. The number of carbonyl (C=O) groups is 1. The normalized spacial score (nSPS) is 15.3. The van der Waals surface area contributed by atoms with Gasteiger partial charge in [0.25, 0.3) is 0 Å². The molecule has 1 aromatic carbocycles. The summed E-state index contributed by atoms with van der Waals surface area (Å²) in [5.74, 6) is -0.246. The second-order valence-corrected chi connectivity index (χ2v) is 8.92. The molecule has 0 saturated carbocycles. The van der Waals surface area contributed by atoms with Crippen LogP contribution >= 0.6 is 23.6 Å². The van der Waals surface area contributed by atoms with Gasteiger partial charge in [-0.1, -0.05) is 12.5 Å². The molecule has 0 bridgehead atoms. The van der Waals surface area contributed by atoms with Crippen LogP contribution in [-0.4, -0.2) is 17.7 Å². The number of fused-ring (bicyclic) bond motifs is 2. The van der Waals surface area contributed by atoms with Crippen LogP contribution in [0.4, 0.5) is 10.7 Å². The van der Waals surface area contributed by atoms with Crippen molar-refractivity contribution in [2.75, 3.05) is 17.2 Å². The minimum Gasteiger partial charge on any atom is -0.462 e. The van der Waals surface area contributed by atoms with Crippen LogP contribution in [0, 0.1) is 0 Å². The lowest BCUT2D eigenvalue weighted by atomic mass is 10.1. The Labute approximate surface area is 175 Å². The van der Waals surface area contributed by atoms with Crippen molar-refractivity contribution in [1.82, 2.24) is 0 Å². The fourth-order valence-corrected chi connectivity index (χ4v) is 5.73. The highest BCUT2D eigenvalue weighted by Crippen LogP contribution is 2.38. The molecule has 28 heavy (non-hydrogen) atoms. The molecule has 148 valence electrons. The van der Waals surface area contributed by atoms with Gasteiger partial charge in [-0.2, -0.15) is 0 Å². The molecular formula is C22H26N2O2S2. The first-order valence-electron chi connectivity index (χ1n) is 10.2. The lowest BCUT2D eigenvalue weighted by Crippen LogP contribution is -2.20. The number of thiocarbonyl (C=S) groups is 1. The molecule has 0 spiro atoms. The number of thiophene rings is 1. The van der Waals surface area contributed by atoms with Crippen LogP contribution in [0.5, 0.6) is 0 Å². The molecule has 0 atom stereocenters. The van der Waals surface area contributed by atoms with E-state index in [4.69, 9.17) is 17.0 Å². The number of aryl methyl sites for hydroxylation is 3. The van der Waals surface area contributed by atoms with Gasteiger partial charge in [0.05, 0.1) is 12.2 Å². The Hall–Kier alpha value is -1.92. The third-order valence-corrected chi connectivity index (χ3v) is 6.90. The Morgan fingerprint density at radius 1 is 1.07 bits per heavy atom. The maximum Gasteiger partial charge on any atom is 0.341 e. The molecule has 1 heterocycles. The number of esters is 1. The fraction of sp³-hybridized carbons (Fsp3) is 0.455. The molecule has 2 aliphatic rings. The van der Waals surface area contributed by atoms with E-state index in [1.807, 2.05) is 6.92 Å². The number of carbonyl (C=O) groups excluding carboxylic acids is 1. The maximum absolute atomic E-state index is 12.7. The molecule has 0 saturated heterocycles. The first-order valence-corrected chi connectivity index (χ1v) is 11.4. The SMILES string of the molecule is CCOC(=O)c1c(NC(=S)Nc2ccc3c(c2)CCC3)sc2c1CCCCC2. The number of anilines is 2. The molecule has 1 aromatic heterocycles. The molecule has 4 rings (SSSR count). The van der Waals surface area contributed by atoms with Crippen LogP contribution in [0.3, 0.4) is 0 Å². The van der Waals surface area contributed by atoms with Crippen LogP contribution in [0.1, 0.15) is 64.5 Å². The van der Waals surface area contributed by atoms with E-state index in [1.54, 1.807) is 11.3 Å². The Bertz CT molecular complexity index is 904. The zero-order valence-corrected chi connectivity index (χ0v) is 17.9. The Kier molecular flexibility index (Phi) is 5.97. The van der Waals surface area contributed by atoms with Crippen molar-refractivity contribution in [1.29, 1.82) is 0 Å². The molecule has 2 aliphatic carbocycles. The lowest BCUT2D eigenvalue weighted by Gasteiger charge is -2.12. The number of hydrogen-bond donors (Lipinski definition) is 2. The largest absolute Gasteiger partial charge is 0.462 e. The summed E-state index contributed by atoms with van der Waals surface area (Å²) in [7, 11) is 0. The average Bonchev–Trinajstić information content (AvgIpc) is 3.19. The average molecular weight is 415 g/mol. The Balaban J connectivity index is 1.54. The minimum atomic E-state index is -0.246. The lowest BCUT2D eigenvalue weighted by molar-refractivity contribution is 0.0527. The van der Waals surface area contributed by atoms with E-state index in [0.29, 0.717) is 17.3 Å². The van der Waals surface area contributed by atoms with E-state index in [-0.39, 0.29) is 5.97 Å². The smallest absolute Gasteiger partial charge is 0.341 e. The molecule has 0 radical (unpaired) electrons. The van der Waals surface area contributed by atoms with Crippen LogP contribution in [-0.2, 0) is 30.4 Å². The third-order valence-electron chi connectivity index (χ3n) is 5.48. The van der Waals surface area contributed by atoms with Gasteiger partial charge >= 0.3 is 5.97 Å². The van der Waals surface area contributed by atoms with E-state index in [0.717, 1.165) is 41.9 Å². The molecule has 2 aromatic rings. The van der Waals surface area contributed by atoms with Crippen LogP contribution in [0.25, 0.3) is 0 Å². The van der Waals surface area contributed by atoms with Crippen molar-refractivity contribution in [2.45, 2.75) is 58.3 Å². The van der Waals surface area contributed by atoms with E-state index in [1.165, 1.54) is 41.7 Å². The van der Waals surface area contributed by atoms with Gasteiger partial charge in [-0.25, -0.2) is 4.79 Å². The van der Waals surface area contributed by atoms with E-state index in [2.05, 4.69) is 28.8 Å². The zero-order chi connectivity index (χ0) is 19.5. The molecule has 0 aliphatic heterocycles. The standard InChI is InChI=1S/C22H26N2O2S2/c1-2-26-21(25)19-17-9-4-3-5-10-18(17)28-20(19)24-22(27)23-16-12-11-14-7-6-8-15(14)13-16/h11-13H,2-10H2,1H3,(H2,23,24,27). The van der Waals surface area contributed by atoms with Crippen LogP contribution < -0.4 is 10.6 Å². The van der Waals surface area contributed by atoms with Gasteiger partial charge in [-0.3, -0.25) is 0 Å². The molecule has 6 heteroatoms. The quantitative estimate of drug-likeness (QED) is 0.393. The maximum atomic E-state index is 12.7. The Morgan fingerprint density at radius 3 is 2.75 bits per heavy atom. The fourth-order valence-electron chi connectivity index (χ4n) is 4.16. The van der Waals surface area contributed by atoms with Crippen LogP contribution in [0.15, 0.2) is 18.2 Å². The topological polar surface area (TPSA) is 50.4 Å². The summed E-state index contributed by atoms with van der Waals surface area (Å²) in [6.07, 6.45) is 9.00. The highest BCUT2D eigenvalue weighted by Gasteiger charge is 2.26. The third kappa shape index (κ3) is 4.08. The summed E-state index contributed by atoms with van der Waals surface area (Å²) in [4.78, 5) is 14.0. The van der Waals surface area contributed by atoms with Crippen LogP contribution in [0.2, 0.25) is 0 Å². The van der Waals surface area contributed by atoms with Crippen molar-refractivity contribution in [3.63, 3.8) is 0 Å². The van der Waals surface area contributed by atoms with Gasteiger partial charge in [0.1, 0.15) is 5.00 Å². The van der Waals surface area contributed by atoms with Gasteiger partial charge < -0.3 is 15.4 Å². The van der Waals surface area contributed by atoms with Crippen molar-refractivity contribution in [2.24, 2.45) is 0 Å². The number of nitrogens with one attached hydrogen (secondary N) is 2. The monoisotopic (exact) mass is 414 g/mol. The molecular weight excluding hydrogens is 388 g/mol. The number of benzene rings is 1. The van der Waals surface area contributed by atoms with Crippen molar-refractivity contribution in [3.05, 3.63) is 45.3 Å². The summed E-state index contributed by atoms with van der Waals surface area (Å²) in [6.45, 7) is 2.22. The highest BCUT2D eigenvalue weighted by atomic mass is 32.1. The Morgan fingerprint density at radius 2 is 1.89 bits per heavy atom. The predicted molar refractivity (Wildman–Crippen MR) is 120 cm³/mol. The van der Waals surface area contributed by atoms with Gasteiger partial charge in [0.15, 0.2) is 5.11 Å². The highest BCUT2D eigenvalue weighted by molar-refractivity contribution is 7.80. The number of rotatable bonds is 4.